The van der Waals surface area contributed by atoms with E-state index in [-0.39, 0.29) is 43.1 Å². The third-order valence-corrected chi connectivity index (χ3v) is 18.4. The number of piperidine rings is 1. The lowest BCUT2D eigenvalue weighted by atomic mass is 9.95. The Morgan fingerprint density at radius 1 is 0.639 bits per heavy atom. The average molecular weight is 1480 g/mol. The van der Waals surface area contributed by atoms with Crippen LogP contribution in [0.15, 0.2) is 48.5 Å². The van der Waals surface area contributed by atoms with Crippen LogP contribution in [0.1, 0.15) is 118 Å². The van der Waals surface area contributed by atoms with Gasteiger partial charge < -0.3 is 65.2 Å². The number of halogens is 4. The molecule has 2 aromatic carbocycles. The number of carbonyl (C=O) groups excluding carboxylic acids is 12. The molecule has 29 heteroatoms. The van der Waals surface area contributed by atoms with E-state index in [9.17, 15) is 65.9 Å². The van der Waals surface area contributed by atoms with E-state index in [0.717, 1.165) is 51.5 Å². The van der Waals surface area contributed by atoms with Crippen LogP contribution < -0.4 is 26.0 Å². The normalized spacial score (nSPS) is 23.6. The number of nitrogens with one attached hydrogen (secondary N) is 4. The second-order valence-corrected chi connectivity index (χ2v) is 27.9. The highest BCUT2D eigenvalue weighted by Gasteiger charge is 2.44. The predicted molar refractivity (Wildman–Crippen MR) is 364 cm³/mol. The van der Waals surface area contributed by atoms with Crippen LogP contribution in [0.3, 0.4) is 0 Å². The van der Waals surface area contributed by atoms with Gasteiger partial charge in [0.2, 0.25) is 70.9 Å². The zero-order valence-electron chi connectivity index (χ0n) is 58.5. The maximum absolute atomic E-state index is 15.1. The summed E-state index contributed by atoms with van der Waals surface area (Å²) in [4.78, 5) is 184. The van der Waals surface area contributed by atoms with Crippen molar-refractivity contribution in [1.82, 2.24) is 60.5 Å². The molecule has 8 atom stereocenters. The third kappa shape index (κ3) is 23.6. The van der Waals surface area contributed by atoms with Crippen LogP contribution in [0.25, 0.3) is 0 Å². The first-order valence-electron chi connectivity index (χ1n) is 32.5. The molecule has 2 aliphatic heterocycles. The minimum absolute atomic E-state index is 0.0278. The molecule has 2 fully saturated rings. The Balaban J connectivity index is 1.89. The number of ether oxygens (including phenoxy) is 1. The summed E-state index contributed by atoms with van der Waals surface area (Å²) in [5.41, 5.74) is -1.00. The molecule has 2 aliphatic rings. The molecule has 0 spiro atoms. The van der Waals surface area contributed by atoms with Gasteiger partial charge in [-0.3, -0.25) is 57.5 Å². The van der Waals surface area contributed by atoms with Gasteiger partial charge in [0, 0.05) is 85.3 Å². The van der Waals surface area contributed by atoms with Crippen molar-refractivity contribution in [2.24, 2.45) is 17.8 Å². The molecule has 25 nitrogen and oxygen atoms in total. The summed E-state index contributed by atoms with van der Waals surface area (Å²) in [6.45, 7) is 12.2. The monoisotopic (exact) mass is 1470 g/mol. The molecule has 536 valence electrons. The Hall–Kier alpha value is -8.04. The van der Waals surface area contributed by atoms with E-state index in [1.807, 2.05) is 27.7 Å². The van der Waals surface area contributed by atoms with Crippen molar-refractivity contribution in [3.05, 3.63) is 63.2 Å². The van der Waals surface area contributed by atoms with Gasteiger partial charge in [-0.15, -0.1) is 25.5 Å². The summed E-state index contributed by atoms with van der Waals surface area (Å²) < 4.78 is 44.3. The minimum Gasteiger partial charge on any atom is -0.406 e. The standard InChI is InChI=1S/C68H98F3IN12O13/c1-17-23-48-62(92)83(16)67(8,9)66(96)75-50(32-41(3)4)61(91)82(15)53(64(94)84-30-20-19-21-31-84)37-55(86)80(13)51(33-42(5)6)60(90)76-58(43(7)18-2)65(95)79(12)39-56(87)77(10)40-57(88)81(14)52(36-44-26-28-47(29-27-44)97-68(69,70)71)63(93)78(11)38-54(85)73-49(59(89)74-48)35-45-24-22-25-46(72)34-45/h1,22,24-29,34,41-43,48-53,58H,18-21,23,30-33,35-40H2,2-16H3,(H,73,85)(H,74,89)(H,75,96)(H,76,90)/t43-,48-,49-,50-,51-,52-,53?,58-/m0/s1. The van der Waals surface area contributed by atoms with Gasteiger partial charge in [-0.05, 0) is 122 Å². The van der Waals surface area contributed by atoms with Crippen LogP contribution >= 0.6 is 22.6 Å². The van der Waals surface area contributed by atoms with Crippen molar-refractivity contribution in [2.75, 3.05) is 82.1 Å². The van der Waals surface area contributed by atoms with E-state index < -0.39 is 169 Å². The number of carbonyl (C=O) groups is 12. The third-order valence-electron chi connectivity index (χ3n) is 17.8. The number of hydrogen-bond donors (Lipinski definition) is 4. The fraction of sp³-hybridized carbons (Fsp3) is 0.618. The predicted octanol–water partition coefficient (Wildman–Crippen LogP) is 3.59. The average Bonchev–Trinajstić information content (AvgIpc) is 0.817. The van der Waals surface area contributed by atoms with Crippen molar-refractivity contribution in [1.29, 1.82) is 0 Å². The highest BCUT2D eigenvalue weighted by molar-refractivity contribution is 14.1. The van der Waals surface area contributed by atoms with Crippen molar-refractivity contribution in [3.8, 4) is 18.1 Å². The first-order valence-corrected chi connectivity index (χ1v) is 33.6. The highest BCUT2D eigenvalue weighted by Crippen LogP contribution is 2.26. The van der Waals surface area contributed by atoms with E-state index in [1.165, 1.54) is 80.2 Å². The summed E-state index contributed by atoms with van der Waals surface area (Å²) in [5.74, 6) is -8.54. The maximum Gasteiger partial charge on any atom is 0.573 e. The molecule has 0 saturated carbocycles. The molecule has 0 bridgehead atoms. The zero-order chi connectivity index (χ0) is 73.1. The Labute approximate surface area is 581 Å². The molecule has 1 unspecified atom stereocenters. The molecule has 0 aliphatic carbocycles. The Bertz CT molecular complexity index is 3190. The lowest BCUT2D eigenvalue weighted by molar-refractivity contribution is -0.274. The van der Waals surface area contributed by atoms with Gasteiger partial charge in [-0.2, -0.15) is 0 Å². The zero-order valence-corrected chi connectivity index (χ0v) is 60.6. The molecule has 12 amide bonds. The van der Waals surface area contributed by atoms with Crippen LogP contribution in [0.5, 0.6) is 5.75 Å². The van der Waals surface area contributed by atoms with Crippen LogP contribution in [-0.4, -0.2) is 246 Å². The summed E-state index contributed by atoms with van der Waals surface area (Å²) in [7, 11) is 9.13. The molecule has 97 heavy (non-hydrogen) atoms. The minimum atomic E-state index is -5.02. The van der Waals surface area contributed by atoms with Crippen molar-refractivity contribution < 1.29 is 75.4 Å². The number of alkyl halides is 3. The number of nitrogens with zero attached hydrogens (tertiary/aromatic N) is 8. The van der Waals surface area contributed by atoms with Gasteiger partial charge in [0.15, 0.2) is 0 Å². The summed E-state index contributed by atoms with van der Waals surface area (Å²) in [6, 6.07) is 1.67. The fourth-order valence-corrected chi connectivity index (χ4v) is 11.9. The number of hydrogen-bond acceptors (Lipinski definition) is 13. The molecule has 4 rings (SSSR count). The smallest absolute Gasteiger partial charge is 0.406 e. The van der Waals surface area contributed by atoms with Gasteiger partial charge in [0.1, 0.15) is 53.6 Å². The second-order valence-electron chi connectivity index (χ2n) is 26.7. The topological polar surface area (TPSA) is 288 Å². The Kier molecular flexibility index (Phi) is 30.6. The molecule has 0 aromatic heterocycles. The molecular weight excluding hydrogens is 1380 g/mol. The first-order chi connectivity index (χ1) is 45.2. The van der Waals surface area contributed by atoms with Crippen LogP contribution in [0, 0.1) is 33.7 Å². The largest absolute Gasteiger partial charge is 0.573 e. The second kappa shape index (κ2) is 36.5. The van der Waals surface area contributed by atoms with Gasteiger partial charge in [0.05, 0.1) is 26.1 Å². The van der Waals surface area contributed by atoms with Gasteiger partial charge >= 0.3 is 6.36 Å². The molecule has 2 aromatic rings. The van der Waals surface area contributed by atoms with E-state index in [4.69, 9.17) is 6.42 Å². The number of rotatable bonds is 13. The number of likely N-dealkylation sites (N-methyl/N-ethyl adjacent to an activating group) is 7. The molecule has 0 radical (unpaired) electrons. The van der Waals surface area contributed by atoms with Crippen LogP contribution in [0.4, 0.5) is 13.2 Å². The fourth-order valence-electron chi connectivity index (χ4n) is 11.2. The summed E-state index contributed by atoms with van der Waals surface area (Å²) in [5, 5.41) is 11.0. The van der Waals surface area contributed by atoms with E-state index >= 15 is 4.79 Å². The van der Waals surface area contributed by atoms with Crippen LogP contribution in [0.2, 0.25) is 0 Å². The van der Waals surface area contributed by atoms with E-state index in [0.29, 0.717) is 37.9 Å². The maximum atomic E-state index is 15.1. The highest BCUT2D eigenvalue weighted by atomic mass is 127. The van der Waals surface area contributed by atoms with Gasteiger partial charge in [-0.1, -0.05) is 72.2 Å². The Morgan fingerprint density at radius 3 is 1.79 bits per heavy atom. The number of amides is 12. The summed E-state index contributed by atoms with van der Waals surface area (Å²) in [6.07, 6.45) is 1.90. The van der Waals surface area contributed by atoms with E-state index in [2.05, 4.69) is 54.5 Å². The van der Waals surface area contributed by atoms with E-state index in [1.54, 1.807) is 43.0 Å². The molecule has 4 N–H and O–H groups in total. The SMILES string of the molecule is C#CC[C@@H]1NC(=O)[C@H](Cc2cccc(I)c2)NC(=O)CN(C)C(=O)[C@H](Cc2ccc(OC(F)(F)F)cc2)N(C)C(=O)CN(C)C(=O)CN(C)C(=O)[C@H]([C@@H](C)CC)NC(=O)[C@H](CC(C)C)N(C)C(=O)CC(C(=O)N2CCCCC2)N(C)C(=O)[C@H](CC(C)C)NC(=O)C(C)(C)N(C)C1=O. The lowest BCUT2D eigenvalue weighted by Gasteiger charge is -2.39. The Morgan fingerprint density at radius 2 is 1.23 bits per heavy atom. The molecular formula is C68H98F3IN12O13. The molecule has 2 heterocycles. The number of benzene rings is 2. The van der Waals surface area contributed by atoms with Gasteiger partial charge in [-0.25, -0.2) is 0 Å². The number of likely N-dealkylation sites (tertiary alicyclic amines) is 1. The lowest BCUT2D eigenvalue weighted by Crippen LogP contribution is -2.63. The molecule has 2 saturated heterocycles. The summed E-state index contributed by atoms with van der Waals surface area (Å²) >= 11 is 2.06. The van der Waals surface area contributed by atoms with Crippen molar-refractivity contribution in [3.63, 3.8) is 0 Å². The first kappa shape index (κ1) is 81.4. The van der Waals surface area contributed by atoms with Gasteiger partial charge in [0.25, 0.3) is 0 Å². The van der Waals surface area contributed by atoms with Crippen molar-refractivity contribution >= 4 is 93.5 Å². The van der Waals surface area contributed by atoms with Crippen LogP contribution in [-0.2, 0) is 70.4 Å². The number of terminal acetylenes is 1. The quantitative estimate of drug-likeness (QED) is 0.165. The van der Waals surface area contributed by atoms with Crippen molar-refractivity contribution in [2.45, 2.75) is 174 Å².